The van der Waals surface area contributed by atoms with E-state index in [2.05, 4.69) is 34.6 Å². The molecule has 1 aromatic rings. The molecule has 6 nitrogen and oxygen atoms in total. The van der Waals surface area contributed by atoms with E-state index in [0.717, 1.165) is 49.8 Å². The summed E-state index contributed by atoms with van der Waals surface area (Å²) in [6.07, 6.45) is 8.02. The first-order chi connectivity index (χ1) is 12.2. The predicted octanol–water partition coefficient (Wildman–Crippen LogP) is 3.06. The largest absolute Gasteiger partial charge is 0.385 e. The van der Waals surface area contributed by atoms with Crippen molar-refractivity contribution < 1.29 is 9.26 Å². The van der Waals surface area contributed by atoms with Crippen LogP contribution in [0.4, 0.5) is 0 Å². The highest BCUT2D eigenvalue weighted by molar-refractivity contribution is 5.79. The van der Waals surface area contributed by atoms with Crippen LogP contribution in [0.5, 0.6) is 0 Å². The highest BCUT2D eigenvalue weighted by atomic mass is 16.5. The van der Waals surface area contributed by atoms with Crippen molar-refractivity contribution in [1.82, 2.24) is 15.8 Å². The van der Waals surface area contributed by atoms with E-state index >= 15 is 0 Å². The highest BCUT2D eigenvalue weighted by Gasteiger charge is 2.33. The summed E-state index contributed by atoms with van der Waals surface area (Å²) in [6, 6.07) is 0. The Bertz CT molecular complexity index is 526. The van der Waals surface area contributed by atoms with Gasteiger partial charge in [0, 0.05) is 45.8 Å². The maximum atomic E-state index is 5.44. The number of hydrogen-bond acceptors (Lipinski definition) is 4. The molecule has 2 rings (SSSR count). The third kappa shape index (κ3) is 5.21. The Morgan fingerprint density at radius 2 is 2.00 bits per heavy atom. The van der Waals surface area contributed by atoms with Crippen LogP contribution < -0.4 is 10.6 Å². The van der Waals surface area contributed by atoms with E-state index in [1.165, 1.54) is 31.2 Å². The average Bonchev–Trinajstić information content (AvgIpc) is 3.27. The summed E-state index contributed by atoms with van der Waals surface area (Å²) < 4.78 is 10.8. The Morgan fingerprint density at radius 3 is 2.60 bits per heavy atom. The highest BCUT2D eigenvalue weighted by Crippen LogP contribution is 2.40. The van der Waals surface area contributed by atoms with E-state index in [4.69, 9.17) is 9.26 Å². The summed E-state index contributed by atoms with van der Waals surface area (Å²) in [7, 11) is 3.60. The maximum absolute atomic E-state index is 5.44. The standard InChI is InChI=1S/C19H34N4O2/c1-5-16-15(17(6-2)25-23-16)13-21-18(20-3)22-14-19(11-12-24-4)9-7-8-10-19/h5-14H2,1-4H3,(H2,20,21,22). The third-order valence-corrected chi connectivity index (χ3v) is 5.39. The molecule has 0 unspecified atom stereocenters. The number of methoxy groups -OCH3 is 1. The molecule has 0 radical (unpaired) electrons. The summed E-state index contributed by atoms with van der Waals surface area (Å²) in [5, 5.41) is 11.1. The van der Waals surface area contributed by atoms with E-state index < -0.39 is 0 Å². The number of aryl methyl sites for hydroxylation is 2. The zero-order valence-electron chi connectivity index (χ0n) is 16.3. The number of nitrogens with one attached hydrogen (secondary N) is 2. The predicted molar refractivity (Wildman–Crippen MR) is 101 cm³/mol. The van der Waals surface area contributed by atoms with Crippen LogP contribution in [-0.4, -0.2) is 38.4 Å². The Hall–Kier alpha value is -1.56. The summed E-state index contributed by atoms with van der Waals surface area (Å²) in [5.74, 6) is 1.81. The molecular formula is C19H34N4O2. The molecule has 1 saturated carbocycles. The molecule has 142 valence electrons. The minimum absolute atomic E-state index is 0.341. The first kappa shape index (κ1) is 19.8. The van der Waals surface area contributed by atoms with Crippen molar-refractivity contribution in [3.63, 3.8) is 0 Å². The maximum Gasteiger partial charge on any atom is 0.191 e. The van der Waals surface area contributed by atoms with E-state index in [0.29, 0.717) is 12.0 Å². The van der Waals surface area contributed by atoms with Gasteiger partial charge < -0.3 is 19.9 Å². The number of ether oxygens (including phenoxy) is 1. The summed E-state index contributed by atoms with van der Waals surface area (Å²) >= 11 is 0. The minimum atomic E-state index is 0.341. The molecule has 0 spiro atoms. The molecule has 1 fully saturated rings. The van der Waals surface area contributed by atoms with Crippen LogP contribution in [0.1, 0.15) is 63.0 Å². The van der Waals surface area contributed by atoms with Crippen LogP contribution in [0.15, 0.2) is 9.52 Å². The summed E-state index contributed by atoms with van der Waals surface area (Å²) in [6.45, 7) is 6.67. The first-order valence-electron chi connectivity index (χ1n) is 9.57. The number of aliphatic imine (C=N–C) groups is 1. The minimum Gasteiger partial charge on any atom is -0.385 e. The first-order valence-corrected chi connectivity index (χ1v) is 9.57. The van der Waals surface area contributed by atoms with Crippen LogP contribution in [0.25, 0.3) is 0 Å². The van der Waals surface area contributed by atoms with Gasteiger partial charge in [-0.15, -0.1) is 0 Å². The van der Waals surface area contributed by atoms with E-state index in [1.54, 1.807) is 7.11 Å². The molecule has 0 saturated heterocycles. The molecule has 0 aliphatic heterocycles. The van der Waals surface area contributed by atoms with Crippen LogP contribution in [0, 0.1) is 5.41 Å². The van der Waals surface area contributed by atoms with Gasteiger partial charge in [-0.1, -0.05) is 31.8 Å². The van der Waals surface area contributed by atoms with Crippen molar-refractivity contribution in [2.75, 3.05) is 27.3 Å². The lowest BCUT2D eigenvalue weighted by Gasteiger charge is -2.30. The zero-order valence-corrected chi connectivity index (χ0v) is 16.3. The molecule has 0 amide bonds. The van der Waals surface area contributed by atoms with Crippen molar-refractivity contribution in [2.24, 2.45) is 10.4 Å². The van der Waals surface area contributed by atoms with Gasteiger partial charge in [-0.3, -0.25) is 4.99 Å². The van der Waals surface area contributed by atoms with Crippen molar-refractivity contribution in [3.8, 4) is 0 Å². The third-order valence-electron chi connectivity index (χ3n) is 5.39. The molecule has 0 atom stereocenters. The average molecular weight is 351 g/mol. The van der Waals surface area contributed by atoms with Crippen molar-refractivity contribution in [3.05, 3.63) is 17.0 Å². The molecular weight excluding hydrogens is 316 g/mol. The lowest BCUT2D eigenvalue weighted by Crippen LogP contribution is -2.43. The van der Waals surface area contributed by atoms with Gasteiger partial charge in [0.25, 0.3) is 0 Å². The van der Waals surface area contributed by atoms with Gasteiger partial charge in [0.05, 0.1) is 5.69 Å². The molecule has 1 aliphatic carbocycles. The van der Waals surface area contributed by atoms with Gasteiger partial charge in [-0.25, -0.2) is 0 Å². The molecule has 6 heteroatoms. The van der Waals surface area contributed by atoms with Crippen LogP contribution >= 0.6 is 0 Å². The van der Waals surface area contributed by atoms with E-state index in [9.17, 15) is 0 Å². The van der Waals surface area contributed by atoms with E-state index in [1.807, 2.05) is 7.05 Å². The quantitative estimate of drug-likeness (QED) is 0.529. The number of rotatable bonds is 9. The summed E-state index contributed by atoms with van der Waals surface area (Å²) in [4.78, 5) is 4.38. The Balaban J connectivity index is 1.91. The molecule has 1 aromatic heterocycles. The topological polar surface area (TPSA) is 71.7 Å². The van der Waals surface area contributed by atoms with Crippen molar-refractivity contribution >= 4 is 5.96 Å². The Morgan fingerprint density at radius 1 is 1.24 bits per heavy atom. The Labute approximate surface area is 151 Å². The summed E-state index contributed by atoms with van der Waals surface area (Å²) in [5.41, 5.74) is 2.55. The number of aromatic nitrogens is 1. The molecule has 25 heavy (non-hydrogen) atoms. The van der Waals surface area contributed by atoms with Crippen molar-refractivity contribution in [2.45, 2.75) is 65.3 Å². The van der Waals surface area contributed by atoms with Gasteiger partial charge in [0.15, 0.2) is 5.96 Å². The molecule has 1 aliphatic rings. The fraction of sp³-hybridized carbons (Fsp3) is 0.789. The lowest BCUT2D eigenvalue weighted by atomic mass is 9.83. The second-order valence-electron chi connectivity index (χ2n) is 6.97. The fourth-order valence-electron chi connectivity index (χ4n) is 3.76. The lowest BCUT2D eigenvalue weighted by molar-refractivity contribution is 0.138. The normalized spacial score (nSPS) is 17.0. The number of hydrogen-bond donors (Lipinski definition) is 2. The van der Waals surface area contributed by atoms with Gasteiger partial charge in [0.2, 0.25) is 0 Å². The van der Waals surface area contributed by atoms with Crippen molar-refractivity contribution in [1.29, 1.82) is 0 Å². The van der Waals surface area contributed by atoms with Gasteiger partial charge >= 0.3 is 0 Å². The van der Waals surface area contributed by atoms with Crippen LogP contribution in [0.2, 0.25) is 0 Å². The molecule has 2 N–H and O–H groups in total. The second kappa shape index (κ2) is 9.80. The van der Waals surface area contributed by atoms with Gasteiger partial charge in [-0.2, -0.15) is 0 Å². The van der Waals surface area contributed by atoms with Gasteiger partial charge in [-0.05, 0) is 31.1 Å². The van der Waals surface area contributed by atoms with Gasteiger partial charge in [0.1, 0.15) is 5.76 Å². The SMILES string of the molecule is CCc1noc(CC)c1CNC(=NC)NCC1(CCOC)CCCC1. The van der Waals surface area contributed by atoms with E-state index in [-0.39, 0.29) is 0 Å². The number of guanidine groups is 1. The number of nitrogens with zero attached hydrogens (tertiary/aromatic N) is 2. The van der Waals surface area contributed by atoms with Crippen LogP contribution in [0.3, 0.4) is 0 Å². The second-order valence-corrected chi connectivity index (χ2v) is 6.97. The fourth-order valence-corrected chi connectivity index (χ4v) is 3.76. The Kier molecular flexibility index (Phi) is 7.75. The molecule has 0 bridgehead atoms. The smallest absolute Gasteiger partial charge is 0.191 e. The van der Waals surface area contributed by atoms with Crippen LogP contribution in [-0.2, 0) is 24.1 Å². The zero-order chi connectivity index (χ0) is 18.1. The monoisotopic (exact) mass is 350 g/mol. The molecule has 0 aromatic carbocycles. The molecule has 1 heterocycles.